The van der Waals surface area contributed by atoms with Crippen LogP contribution in [0, 0.1) is 18.6 Å². The third-order valence-corrected chi connectivity index (χ3v) is 2.92. The van der Waals surface area contributed by atoms with E-state index in [9.17, 15) is 18.7 Å². The highest BCUT2D eigenvalue weighted by Gasteiger charge is 2.13. The van der Waals surface area contributed by atoms with E-state index in [-0.39, 0.29) is 16.7 Å². The van der Waals surface area contributed by atoms with Crippen LogP contribution >= 0.6 is 0 Å². The number of hydrogen-bond acceptors (Lipinski definition) is 1. The quantitative estimate of drug-likeness (QED) is 0.681. The smallest absolute Gasteiger partial charge is 0.336 e. The molecule has 102 valence electrons. The highest BCUT2D eigenvalue weighted by Crippen LogP contribution is 2.22. The maximum atomic E-state index is 13.6. The Morgan fingerprint density at radius 1 is 1.10 bits per heavy atom. The molecule has 0 spiro atoms. The van der Waals surface area contributed by atoms with Crippen LogP contribution in [0.15, 0.2) is 42.5 Å². The second-order valence-electron chi connectivity index (χ2n) is 4.35. The van der Waals surface area contributed by atoms with Gasteiger partial charge in [-0.25, -0.2) is 13.6 Å². The normalized spacial score (nSPS) is 11.4. The van der Waals surface area contributed by atoms with Crippen LogP contribution in [0.5, 0.6) is 0 Å². The fourth-order valence-corrected chi connectivity index (χ4v) is 1.78. The molecule has 0 bridgehead atoms. The summed E-state index contributed by atoms with van der Waals surface area (Å²) in [5.41, 5.74) is 0.605. The molecule has 0 aromatic heterocycles. The van der Waals surface area contributed by atoms with Gasteiger partial charge in [0.1, 0.15) is 11.6 Å². The minimum absolute atomic E-state index is 0.144. The molecule has 0 radical (unpaired) electrons. The molecule has 20 heavy (non-hydrogen) atoms. The Hall–Kier alpha value is -2.49. The lowest BCUT2D eigenvalue weighted by Crippen LogP contribution is -2.01. The van der Waals surface area contributed by atoms with Crippen LogP contribution < -0.4 is 0 Å². The van der Waals surface area contributed by atoms with Crippen LogP contribution in [-0.2, 0) is 4.79 Å². The minimum Gasteiger partial charge on any atom is -0.478 e. The Morgan fingerprint density at radius 2 is 1.80 bits per heavy atom. The molecule has 0 fully saturated rings. The predicted octanol–water partition coefficient (Wildman–Crippen LogP) is 3.90. The predicted molar refractivity (Wildman–Crippen MR) is 73.0 cm³/mol. The first kappa shape index (κ1) is 13.9. The van der Waals surface area contributed by atoms with Crippen molar-refractivity contribution in [2.75, 3.05) is 0 Å². The number of hydrogen-bond donors (Lipinski definition) is 1. The number of benzene rings is 2. The Bertz CT molecular complexity index is 691. The maximum absolute atomic E-state index is 13.6. The summed E-state index contributed by atoms with van der Waals surface area (Å²) in [4.78, 5) is 11.3. The monoisotopic (exact) mass is 274 g/mol. The second-order valence-corrected chi connectivity index (χ2v) is 4.35. The summed E-state index contributed by atoms with van der Waals surface area (Å²) < 4.78 is 27.1. The molecule has 0 heterocycles. The molecule has 0 aliphatic carbocycles. The van der Waals surface area contributed by atoms with Gasteiger partial charge in [0.2, 0.25) is 0 Å². The van der Waals surface area contributed by atoms with E-state index in [2.05, 4.69) is 0 Å². The van der Waals surface area contributed by atoms with Gasteiger partial charge < -0.3 is 5.11 Å². The first-order valence-electron chi connectivity index (χ1n) is 5.95. The molecule has 0 atom stereocenters. The lowest BCUT2D eigenvalue weighted by atomic mass is 10.0. The number of aryl methyl sites for hydroxylation is 1. The third kappa shape index (κ3) is 2.91. The molecule has 0 aliphatic heterocycles. The fraction of sp³-hybridized carbons (Fsp3) is 0.0625. The first-order valence-corrected chi connectivity index (χ1v) is 5.95. The molecule has 0 aliphatic rings. The zero-order valence-corrected chi connectivity index (χ0v) is 10.7. The molecule has 0 saturated heterocycles. The van der Waals surface area contributed by atoms with Gasteiger partial charge in [-0.1, -0.05) is 30.3 Å². The zero-order valence-electron chi connectivity index (χ0n) is 10.7. The van der Waals surface area contributed by atoms with Gasteiger partial charge in [0, 0.05) is 5.56 Å². The molecule has 2 nitrogen and oxygen atoms in total. The second kappa shape index (κ2) is 5.65. The summed E-state index contributed by atoms with van der Waals surface area (Å²) in [6.45, 7) is 1.58. The lowest BCUT2D eigenvalue weighted by molar-refractivity contribution is -0.130. The van der Waals surface area contributed by atoms with E-state index in [0.717, 1.165) is 6.07 Å². The van der Waals surface area contributed by atoms with Crippen molar-refractivity contribution in [3.05, 3.63) is 70.8 Å². The summed E-state index contributed by atoms with van der Waals surface area (Å²) >= 11 is 0. The summed E-state index contributed by atoms with van der Waals surface area (Å²) in [5.74, 6) is -2.27. The Labute approximate surface area is 115 Å². The number of carbonyl (C=O) groups is 1. The van der Waals surface area contributed by atoms with Crippen molar-refractivity contribution < 1.29 is 18.7 Å². The Balaban J connectivity index is 2.54. The molecule has 2 aromatic carbocycles. The number of carboxylic acid groups (broad SMARTS) is 1. The van der Waals surface area contributed by atoms with Gasteiger partial charge in [0.25, 0.3) is 0 Å². The van der Waals surface area contributed by atoms with Crippen molar-refractivity contribution in [2.24, 2.45) is 0 Å². The van der Waals surface area contributed by atoms with E-state index in [1.165, 1.54) is 36.4 Å². The summed E-state index contributed by atoms with van der Waals surface area (Å²) in [6, 6.07) is 9.94. The van der Waals surface area contributed by atoms with Gasteiger partial charge in [-0.15, -0.1) is 0 Å². The molecular weight excluding hydrogens is 262 g/mol. The van der Waals surface area contributed by atoms with Crippen LogP contribution in [-0.4, -0.2) is 11.1 Å². The van der Waals surface area contributed by atoms with Crippen molar-refractivity contribution in [3.63, 3.8) is 0 Å². The SMILES string of the molecule is Cc1ccc(/C(=C/c2ccccc2F)C(=O)O)cc1F. The van der Waals surface area contributed by atoms with E-state index in [4.69, 9.17) is 0 Å². The van der Waals surface area contributed by atoms with Crippen LogP contribution in [0.25, 0.3) is 11.6 Å². The summed E-state index contributed by atoms with van der Waals surface area (Å²) in [7, 11) is 0. The van der Waals surface area contributed by atoms with Gasteiger partial charge in [0.05, 0.1) is 5.57 Å². The molecule has 4 heteroatoms. The number of halogens is 2. The van der Waals surface area contributed by atoms with Crippen molar-refractivity contribution >= 4 is 17.6 Å². The molecule has 2 rings (SSSR count). The van der Waals surface area contributed by atoms with E-state index < -0.39 is 17.6 Å². The van der Waals surface area contributed by atoms with Gasteiger partial charge in [0.15, 0.2) is 0 Å². The maximum Gasteiger partial charge on any atom is 0.336 e. The molecule has 2 aromatic rings. The average Bonchev–Trinajstić information content (AvgIpc) is 2.41. The molecular formula is C16H12F2O2. The Morgan fingerprint density at radius 3 is 2.40 bits per heavy atom. The van der Waals surface area contributed by atoms with Gasteiger partial charge in [-0.05, 0) is 36.3 Å². The van der Waals surface area contributed by atoms with Crippen molar-refractivity contribution in [3.8, 4) is 0 Å². The van der Waals surface area contributed by atoms with Crippen molar-refractivity contribution in [2.45, 2.75) is 6.92 Å². The van der Waals surface area contributed by atoms with Gasteiger partial charge >= 0.3 is 5.97 Å². The van der Waals surface area contributed by atoms with Crippen LogP contribution in [0.3, 0.4) is 0 Å². The molecule has 0 amide bonds. The van der Waals surface area contributed by atoms with Gasteiger partial charge in [-0.3, -0.25) is 0 Å². The minimum atomic E-state index is -1.24. The number of aliphatic carboxylic acids is 1. The first-order chi connectivity index (χ1) is 9.49. The van der Waals surface area contributed by atoms with E-state index in [1.54, 1.807) is 13.0 Å². The summed E-state index contributed by atoms with van der Waals surface area (Å²) in [5, 5.41) is 9.23. The molecule has 0 unspecified atom stereocenters. The Kier molecular flexibility index (Phi) is 3.94. The molecule has 0 saturated carbocycles. The highest BCUT2D eigenvalue weighted by atomic mass is 19.1. The van der Waals surface area contributed by atoms with E-state index in [1.807, 2.05) is 0 Å². The lowest BCUT2D eigenvalue weighted by Gasteiger charge is -2.05. The largest absolute Gasteiger partial charge is 0.478 e. The highest BCUT2D eigenvalue weighted by molar-refractivity contribution is 6.20. The van der Waals surface area contributed by atoms with Crippen LogP contribution in [0.1, 0.15) is 16.7 Å². The average molecular weight is 274 g/mol. The van der Waals surface area contributed by atoms with Gasteiger partial charge in [-0.2, -0.15) is 0 Å². The van der Waals surface area contributed by atoms with Crippen molar-refractivity contribution in [1.82, 2.24) is 0 Å². The van der Waals surface area contributed by atoms with Crippen LogP contribution in [0.4, 0.5) is 8.78 Å². The number of rotatable bonds is 3. The molecule has 1 N–H and O–H groups in total. The van der Waals surface area contributed by atoms with Crippen LogP contribution in [0.2, 0.25) is 0 Å². The standard InChI is InChI=1S/C16H12F2O2/c1-10-6-7-11(9-15(10)18)13(16(19)20)8-12-4-2-3-5-14(12)17/h2-9H,1H3,(H,19,20)/b13-8-. The summed E-state index contributed by atoms with van der Waals surface area (Å²) in [6.07, 6.45) is 1.20. The van der Waals surface area contributed by atoms with E-state index in [0.29, 0.717) is 5.56 Å². The van der Waals surface area contributed by atoms with E-state index >= 15 is 0 Å². The fourth-order valence-electron chi connectivity index (χ4n) is 1.78. The third-order valence-electron chi connectivity index (χ3n) is 2.92. The number of carboxylic acids is 1. The van der Waals surface area contributed by atoms with Crippen molar-refractivity contribution in [1.29, 1.82) is 0 Å². The zero-order chi connectivity index (χ0) is 14.7. The topological polar surface area (TPSA) is 37.3 Å².